The smallest absolute Gasteiger partial charge is 0.217 e. The van der Waals surface area contributed by atoms with E-state index >= 15 is 0 Å². The number of halogens is 3. The topological polar surface area (TPSA) is 108 Å². The second-order valence-electron chi connectivity index (χ2n) is 4.36. The number of ether oxygens (including phenoxy) is 2. The average molecular weight is 353 g/mol. The summed E-state index contributed by atoms with van der Waals surface area (Å²) in [4.78, 5) is 11.1. The molecule has 1 amide bonds. The molecule has 1 rings (SSSR count). The monoisotopic (exact) mass is 351 g/mol. The highest BCUT2D eigenvalue weighted by Crippen LogP contribution is 2.29. The number of hydrogen-bond acceptors (Lipinski definition) is 6. The quantitative estimate of drug-likeness (QED) is 0.499. The van der Waals surface area contributed by atoms with E-state index in [4.69, 9.17) is 49.4 Å². The van der Waals surface area contributed by atoms with Crippen LogP contribution in [0, 0.1) is 0 Å². The molecule has 0 aromatic rings. The summed E-state index contributed by atoms with van der Waals surface area (Å²) in [5.74, 6) is -0.463. The number of amides is 1. The summed E-state index contributed by atoms with van der Waals surface area (Å²) in [6.45, 7) is 0.321. The van der Waals surface area contributed by atoms with Crippen LogP contribution in [0.4, 0.5) is 0 Å². The summed E-state index contributed by atoms with van der Waals surface area (Å²) in [5, 5.41) is 31.2. The first-order valence-electron chi connectivity index (χ1n) is 5.73. The molecule has 0 spiro atoms. The van der Waals surface area contributed by atoms with Gasteiger partial charge in [0.05, 0.1) is 13.2 Å². The van der Waals surface area contributed by atoms with E-state index < -0.39 is 47.0 Å². The Morgan fingerprint density at radius 1 is 1.35 bits per heavy atom. The fourth-order valence-corrected chi connectivity index (χ4v) is 1.98. The Morgan fingerprint density at radius 3 is 2.40 bits per heavy atom. The SMILES string of the molecule is CC(=O)N[C@@H]1[C@@H](OCC(Cl)(Cl)Cl)O[C@H](CO)[C@@H](O)[C@@H]1O. The first-order chi connectivity index (χ1) is 9.15. The minimum absolute atomic E-state index is 0.362. The molecular weight excluding hydrogens is 336 g/mol. The molecule has 0 aromatic heterocycles. The summed E-state index contributed by atoms with van der Waals surface area (Å²) in [6.07, 6.45) is -5.03. The molecule has 1 aliphatic heterocycles. The van der Waals surface area contributed by atoms with Crippen LogP contribution in [0.3, 0.4) is 0 Å². The van der Waals surface area contributed by atoms with Crippen molar-refractivity contribution in [1.29, 1.82) is 0 Å². The molecule has 1 saturated heterocycles. The van der Waals surface area contributed by atoms with E-state index in [0.717, 1.165) is 0 Å². The van der Waals surface area contributed by atoms with E-state index in [2.05, 4.69) is 5.32 Å². The highest BCUT2D eigenvalue weighted by atomic mass is 35.6. The maximum atomic E-state index is 11.1. The summed E-state index contributed by atoms with van der Waals surface area (Å²) in [6, 6.07) is -1.06. The lowest BCUT2D eigenvalue weighted by Gasteiger charge is -2.42. The van der Waals surface area contributed by atoms with Crippen molar-refractivity contribution in [3.63, 3.8) is 0 Å². The summed E-state index contributed by atoms with van der Waals surface area (Å²) >= 11 is 16.6. The van der Waals surface area contributed by atoms with E-state index in [1.807, 2.05) is 0 Å². The minimum Gasteiger partial charge on any atom is -0.394 e. The Bertz CT molecular complexity index is 339. The van der Waals surface area contributed by atoms with E-state index in [0.29, 0.717) is 0 Å². The molecule has 0 aliphatic carbocycles. The summed E-state index contributed by atoms with van der Waals surface area (Å²) in [5.41, 5.74) is 0. The van der Waals surface area contributed by atoms with Gasteiger partial charge in [0.1, 0.15) is 24.4 Å². The molecule has 1 heterocycles. The molecule has 0 saturated carbocycles. The Labute approximate surface area is 130 Å². The molecule has 4 N–H and O–H groups in total. The number of alkyl halides is 3. The van der Waals surface area contributed by atoms with Crippen LogP contribution in [0.1, 0.15) is 6.92 Å². The largest absolute Gasteiger partial charge is 0.394 e. The van der Waals surface area contributed by atoms with Gasteiger partial charge in [-0.1, -0.05) is 34.8 Å². The molecule has 1 fully saturated rings. The third-order valence-corrected chi connectivity index (χ3v) is 2.99. The van der Waals surface area contributed by atoms with Crippen molar-refractivity contribution in [3.8, 4) is 0 Å². The fourth-order valence-electron chi connectivity index (χ4n) is 1.79. The number of nitrogens with one attached hydrogen (secondary N) is 1. The van der Waals surface area contributed by atoms with Crippen molar-refractivity contribution < 1.29 is 29.6 Å². The van der Waals surface area contributed by atoms with Gasteiger partial charge in [-0.15, -0.1) is 0 Å². The van der Waals surface area contributed by atoms with Crippen LogP contribution < -0.4 is 5.32 Å². The summed E-state index contributed by atoms with van der Waals surface area (Å²) in [7, 11) is 0. The first kappa shape index (κ1) is 18.2. The van der Waals surface area contributed by atoms with E-state index in [1.165, 1.54) is 6.92 Å². The number of aliphatic hydroxyl groups is 3. The van der Waals surface area contributed by atoms with Crippen LogP contribution in [0.15, 0.2) is 0 Å². The van der Waals surface area contributed by atoms with Crippen LogP contribution in [0.25, 0.3) is 0 Å². The zero-order valence-electron chi connectivity index (χ0n) is 10.5. The second-order valence-corrected chi connectivity index (χ2v) is 6.88. The van der Waals surface area contributed by atoms with Crippen molar-refractivity contribution in [2.75, 3.05) is 13.2 Å². The molecule has 1 aliphatic rings. The normalized spacial score (nSPS) is 34.9. The van der Waals surface area contributed by atoms with Gasteiger partial charge in [-0.05, 0) is 0 Å². The second kappa shape index (κ2) is 7.42. The highest BCUT2D eigenvalue weighted by molar-refractivity contribution is 6.67. The van der Waals surface area contributed by atoms with Crippen LogP contribution in [-0.2, 0) is 14.3 Å². The van der Waals surface area contributed by atoms with Gasteiger partial charge in [0.25, 0.3) is 0 Å². The Morgan fingerprint density at radius 2 is 1.95 bits per heavy atom. The molecule has 118 valence electrons. The maximum absolute atomic E-state index is 11.1. The van der Waals surface area contributed by atoms with E-state index in [-0.39, 0.29) is 6.61 Å². The molecular formula is C10H16Cl3NO6. The van der Waals surface area contributed by atoms with Gasteiger partial charge < -0.3 is 30.1 Å². The molecule has 0 bridgehead atoms. The molecule has 0 aromatic carbocycles. The zero-order chi connectivity index (χ0) is 15.5. The molecule has 7 nitrogen and oxygen atoms in total. The van der Waals surface area contributed by atoms with Crippen molar-refractivity contribution >= 4 is 40.7 Å². The number of carbonyl (C=O) groups is 1. The van der Waals surface area contributed by atoms with Gasteiger partial charge in [0.15, 0.2) is 6.29 Å². The van der Waals surface area contributed by atoms with Gasteiger partial charge in [-0.25, -0.2) is 0 Å². The lowest BCUT2D eigenvalue weighted by atomic mass is 9.97. The zero-order valence-corrected chi connectivity index (χ0v) is 12.8. The Balaban J connectivity index is 2.80. The molecule has 0 radical (unpaired) electrons. The van der Waals surface area contributed by atoms with Crippen LogP contribution in [-0.4, -0.2) is 68.9 Å². The lowest BCUT2D eigenvalue weighted by Crippen LogP contribution is -2.64. The van der Waals surface area contributed by atoms with Crippen molar-refractivity contribution in [3.05, 3.63) is 0 Å². The molecule has 20 heavy (non-hydrogen) atoms. The van der Waals surface area contributed by atoms with Crippen LogP contribution in [0.2, 0.25) is 0 Å². The molecule has 5 atom stereocenters. The van der Waals surface area contributed by atoms with Crippen LogP contribution in [0.5, 0.6) is 0 Å². The van der Waals surface area contributed by atoms with Gasteiger partial charge in [-0.2, -0.15) is 0 Å². The number of carbonyl (C=O) groups excluding carboxylic acids is 1. The van der Waals surface area contributed by atoms with Gasteiger partial charge >= 0.3 is 0 Å². The minimum atomic E-state index is -1.71. The van der Waals surface area contributed by atoms with Crippen molar-refractivity contribution in [2.24, 2.45) is 0 Å². The predicted molar refractivity (Wildman–Crippen MR) is 71.6 cm³/mol. The average Bonchev–Trinajstić information content (AvgIpc) is 2.32. The third kappa shape index (κ3) is 5.16. The van der Waals surface area contributed by atoms with Crippen molar-refractivity contribution in [1.82, 2.24) is 5.32 Å². The fraction of sp³-hybridized carbons (Fsp3) is 0.900. The third-order valence-electron chi connectivity index (χ3n) is 2.66. The lowest BCUT2D eigenvalue weighted by molar-refractivity contribution is -0.269. The number of rotatable bonds is 4. The first-order valence-corrected chi connectivity index (χ1v) is 6.87. The Kier molecular flexibility index (Phi) is 6.75. The van der Waals surface area contributed by atoms with Gasteiger partial charge in [0, 0.05) is 6.92 Å². The predicted octanol–water partition coefficient (Wildman–Crippen LogP) is -0.683. The van der Waals surface area contributed by atoms with Crippen LogP contribution >= 0.6 is 34.8 Å². The molecule has 0 unspecified atom stereocenters. The number of hydrogen-bond donors (Lipinski definition) is 4. The van der Waals surface area contributed by atoms with Gasteiger partial charge in [0.2, 0.25) is 9.70 Å². The van der Waals surface area contributed by atoms with E-state index in [9.17, 15) is 15.0 Å². The Hall–Kier alpha value is 0.140. The standard InChI is InChI=1S/C10H16Cl3NO6/c1-4(16)14-6-8(18)7(17)5(2-15)20-9(6)19-3-10(11,12)13/h5-9,15,17-18H,2-3H2,1H3,(H,14,16)/t5-,6+,7-,8-,9+/m1/s1. The highest BCUT2D eigenvalue weighted by Gasteiger charge is 2.45. The maximum Gasteiger partial charge on any atom is 0.217 e. The van der Waals surface area contributed by atoms with Crippen molar-refractivity contribution in [2.45, 2.75) is 41.4 Å². The van der Waals surface area contributed by atoms with E-state index in [1.54, 1.807) is 0 Å². The number of aliphatic hydroxyl groups excluding tert-OH is 3. The van der Waals surface area contributed by atoms with Gasteiger partial charge in [-0.3, -0.25) is 4.79 Å². The summed E-state index contributed by atoms with van der Waals surface area (Å²) < 4.78 is 8.74. The molecule has 10 heteroatoms.